The first-order valence-corrected chi connectivity index (χ1v) is 3.53. The van der Waals surface area contributed by atoms with Crippen molar-refractivity contribution in [3.8, 4) is 0 Å². The maximum Gasteiger partial charge on any atom is 0.316 e. The van der Waals surface area contributed by atoms with Gasteiger partial charge in [-0.05, 0) is 18.6 Å². The normalized spacial score (nSPS) is 9.77. The van der Waals surface area contributed by atoms with Gasteiger partial charge in [-0.25, -0.2) is 13.6 Å². The lowest BCUT2D eigenvalue weighted by Crippen LogP contribution is -2.20. The van der Waals surface area contributed by atoms with E-state index in [1.54, 1.807) is 0 Å². The number of benzene rings is 1. The zero-order valence-corrected chi connectivity index (χ0v) is 6.90. The third kappa shape index (κ3) is 2.14. The van der Waals surface area contributed by atoms with Gasteiger partial charge in [0.15, 0.2) is 0 Å². The second-order valence-corrected chi connectivity index (χ2v) is 2.57. The molecule has 0 aliphatic carbocycles. The highest BCUT2D eigenvalue weighted by Crippen LogP contribution is 2.18. The molecule has 0 aliphatic rings. The number of nitrogens with one attached hydrogen (secondary N) is 1. The first kappa shape index (κ1) is 9.44. The SMILES string of the molecule is Cc1cc(F)c(NC(N)=O)cc1F. The molecule has 0 saturated carbocycles. The molecule has 0 bridgehead atoms. The first-order valence-electron chi connectivity index (χ1n) is 3.53. The number of aryl methyl sites for hydroxylation is 1. The molecule has 0 saturated heterocycles. The van der Waals surface area contributed by atoms with Crippen LogP contribution in [0.4, 0.5) is 19.3 Å². The van der Waals surface area contributed by atoms with Crippen molar-refractivity contribution >= 4 is 11.7 Å². The highest BCUT2D eigenvalue weighted by molar-refractivity contribution is 5.87. The van der Waals surface area contributed by atoms with Gasteiger partial charge in [0.05, 0.1) is 5.69 Å². The summed E-state index contributed by atoms with van der Waals surface area (Å²) in [6.45, 7) is 1.42. The summed E-state index contributed by atoms with van der Waals surface area (Å²) in [5.74, 6) is -1.30. The van der Waals surface area contributed by atoms with Gasteiger partial charge >= 0.3 is 6.03 Å². The molecular formula is C8H8F2N2O. The molecule has 3 nitrogen and oxygen atoms in total. The number of urea groups is 1. The Balaban J connectivity index is 3.08. The summed E-state index contributed by atoms with van der Waals surface area (Å²) in [6.07, 6.45) is 0. The minimum Gasteiger partial charge on any atom is -0.351 e. The molecule has 1 rings (SSSR count). The number of carbonyl (C=O) groups is 1. The van der Waals surface area contributed by atoms with Gasteiger partial charge in [-0.1, -0.05) is 0 Å². The van der Waals surface area contributed by atoms with Gasteiger partial charge in [-0.2, -0.15) is 0 Å². The molecule has 1 aromatic rings. The van der Waals surface area contributed by atoms with E-state index in [0.29, 0.717) is 0 Å². The van der Waals surface area contributed by atoms with Crippen molar-refractivity contribution in [2.75, 3.05) is 5.32 Å². The van der Waals surface area contributed by atoms with Crippen molar-refractivity contribution in [3.05, 3.63) is 29.3 Å². The van der Waals surface area contributed by atoms with Crippen LogP contribution in [0.2, 0.25) is 0 Å². The first-order chi connectivity index (χ1) is 6.00. The van der Waals surface area contributed by atoms with Crippen LogP contribution in [0.25, 0.3) is 0 Å². The number of amides is 2. The molecule has 70 valence electrons. The van der Waals surface area contributed by atoms with Crippen LogP contribution < -0.4 is 11.1 Å². The van der Waals surface area contributed by atoms with Crippen molar-refractivity contribution in [2.45, 2.75) is 6.92 Å². The standard InChI is InChI=1S/C8H8F2N2O/c1-4-2-6(10)7(3-5(4)9)12-8(11)13/h2-3H,1H3,(H3,11,12,13). The second kappa shape index (κ2) is 3.38. The van der Waals surface area contributed by atoms with Crippen molar-refractivity contribution < 1.29 is 13.6 Å². The third-order valence-electron chi connectivity index (χ3n) is 1.51. The van der Waals surface area contributed by atoms with Crippen LogP contribution >= 0.6 is 0 Å². The summed E-state index contributed by atoms with van der Waals surface area (Å²) in [4.78, 5) is 10.3. The Kier molecular flexibility index (Phi) is 2.46. The Morgan fingerprint density at radius 1 is 1.38 bits per heavy atom. The highest BCUT2D eigenvalue weighted by atomic mass is 19.1. The smallest absolute Gasteiger partial charge is 0.316 e. The molecule has 0 heterocycles. The molecule has 0 fully saturated rings. The monoisotopic (exact) mass is 186 g/mol. The van der Waals surface area contributed by atoms with E-state index >= 15 is 0 Å². The highest BCUT2D eigenvalue weighted by Gasteiger charge is 2.07. The van der Waals surface area contributed by atoms with Gasteiger partial charge in [0, 0.05) is 6.07 Å². The number of nitrogens with two attached hydrogens (primary N) is 1. The Morgan fingerprint density at radius 2 is 2.00 bits per heavy atom. The van der Waals surface area contributed by atoms with Gasteiger partial charge in [-0.15, -0.1) is 0 Å². The van der Waals surface area contributed by atoms with Crippen molar-refractivity contribution in [1.82, 2.24) is 0 Å². The number of carbonyl (C=O) groups excluding carboxylic acids is 1. The topological polar surface area (TPSA) is 55.1 Å². The van der Waals surface area contributed by atoms with Gasteiger partial charge in [0.2, 0.25) is 0 Å². The summed E-state index contributed by atoms with van der Waals surface area (Å²) in [5.41, 5.74) is 4.66. The molecule has 0 atom stereocenters. The van der Waals surface area contributed by atoms with E-state index in [-0.39, 0.29) is 11.3 Å². The summed E-state index contributed by atoms with van der Waals surface area (Å²) in [7, 11) is 0. The fourth-order valence-electron chi connectivity index (χ4n) is 0.875. The maximum absolute atomic E-state index is 13.0. The summed E-state index contributed by atoms with van der Waals surface area (Å²) in [6, 6.07) is 0.943. The average Bonchev–Trinajstić information content (AvgIpc) is 1.99. The van der Waals surface area contributed by atoms with Crippen LogP contribution in [0.5, 0.6) is 0 Å². The van der Waals surface area contributed by atoms with E-state index in [1.165, 1.54) is 6.92 Å². The lowest BCUT2D eigenvalue weighted by molar-refractivity contribution is 0.259. The molecule has 0 unspecified atom stereocenters. The van der Waals surface area contributed by atoms with Gasteiger partial charge in [-0.3, -0.25) is 0 Å². The van der Waals surface area contributed by atoms with E-state index in [9.17, 15) is 13.6 Å². The lowest BCUT2D eigenvalue weighted by Gasteiger charge is -2.04. The van der Waals surface area contributed by atoms with Gasteiger partial charge < -0.3 is 11.1 Å². The minimum atomic E-state index is -0.929. The number of halogens is 2. The number of hydrogen-bond acceptors (Lipinski definition) is 1. The molecule has 0 spiro atoms. The molecule has 13 heavy (non-hydrogen) atoms. The number of hydrogen-bond donors (Lipinski definition) is 2. The fourth-order valence-corrected chi connectivity index (χ4v) is 0.875. The molecule has 0 aromatic heterocycles. The van der Waals surface area contributed by atoms with E-state index in [1.807, 2.05) is 5.32 Å². The van der Waals surface area contributed by atoms with E-state index in [4.69, 9.17) is 5.73 Å². The van der Waals surface area contributed by atoms with E-state index in [2.05, 4.69) is 0 Å². The lowest BCUT2D eigenvalue weighted by atomic mass is 10.2. The summed E-state index contributed by atoms with van der Waals surface area (Å²) < 4.78 is 25.8. The Hall–Kier alpha value is -1.65. The largest absolute Gasteiger partial charge is 0.351 e. The fraction of sp³-hybridized carbons (Fsp3) is 0.125. The number of anilines is 1. The van der Waals surface area contributed by atoms with Crippen LogP contribution in [0.15, 0.2) is 12.1 Å². The van der Waals surface area contributed by atoms with Crippen LogP contribution in [0, 0.1) is 18.6 Å². The van der Waals surface area contributed by atoms with Crippen molar-refractivity contribution in [3.63, 3.8) is 0 Å². The maximum atomic E-state index is 13.0. The Morgan fingerprint density at radius 3 is 2.54 bits per heavy atom. The Labute approximate surface area is 73.5 Å². The van der Waals surface area contributed by atoms with Crippen LogP contribution in [-0.2, 0) is 0 Å². The zero-order valence-electron chi connectivity index (χ0n) is 6.90. The second-order valence-electron chi connectivity index (χ2n) is 2.57. The van der Waals surface area contributed by atoms with E-state index < -0.39 is 17.7 Å². The van der Waals surface area contributed by atoms with Crippen LogP contribution in [0.3, 0.4) is 0 Å². The average molecular weight is 186 g/mol. The molecule has 0 aliphatic heterocycles. The van der Waals surface area contributed by atoms with Crippen molar-refractivity contribution in [2.24, 2.45) is 5.73 Å². The zero-order chi connectivity index (χ0) is 10.0. The van der Waals surface area contributed by atoms with Crippen LogP contribution in [-0.4, -0.2) is 6.03 Å². The molecule has 0 radical (unpaired) electrons. The predicted octanol–water partition coefficient (Wildman–Crippen LogP) is 1.76. The molecule has 3 N–H and O–H groups in total. The third-order valence-corrected chi connectivity index (χ3v) is 1.51. The molecule has 5 heteroatoms. The van der Waals surface area contributed by atoms with Gasteiger partial charge in [0.25, 0.3) is 0 Å². The molecule has 1 aromatic carbocycles. The predicted molar refractivity (Wildman–Crippen MR) is 44.3 cm³/mol. The van der Waals surface area contributed by atoms with Crippen LogP contribution in [0.1, 0.15) is 5.56 Å². The molecule has 2 amide bonds. The summed E-state index contributed by atoms with van der Waals surface area (Å²) in [5, 5.41) is 1.96. The minimum absolute atomic E-state index is 0.174. The number of rotatable bonds is 1. The number of primary amides is 1. The van der Waals surface area contributed by atoms with Crippen molar-refractivity contribution in [1.29, 1.82) is 0 Å². The Bertz CT molecular complexity index is 352. The van der Waals surface area contributed by atoms with Gasteiger partial charge in [0.1, 0.15) is 11.6 Å². The van der Waals surface area contributed by atoms with E-state index in [0.717, 1.165) is 12.1 Å². The molecular weight excluding hydrogens is 178 g/mol. The quantitative estimate of drug-likeness (QED) is 0.689. The summed E-state index contributed by atoms with van der Waals surface area (Å²) >= 11 is 0.